The molecule has 1 aliphatic heterocycles. The number of rotatable bonds is 4. The highest BCUT2D eigenvalue weighted by molar-refractivity contribution is 5.87. The van der Waals surface area contributed by atoms with Crippen molar-refractivity contribution in [3.05, 3.63) is 53.7 Å². The van der Waals surface area contributed by atoms with Gasteiger partial charge in [-0.05, 0) is 31.5 Å². The third-order valence-corrected chi connectivity index (χ3v) is 4.83. The standard InChI is InChI=1S/C18H21FN2O3/c1-18(2,16-6-7-20-24-16)17(23)21-9-13(11-22)15(10-21)12-4-3-5-14(19)8-12/h3-8,13,15,22H,9-11H2,1-2H3/t13-,15-/m0/s1. The average Bonchev–Trinajstić information content (AvgIpc) is 3.23. The maximum Gasteiger partial charge on any atom is 0.236 e. The molecule has 0 unspecified atom stereocenters. The lowest BCUT2D eigenvalue weighted by molar-refractivity contribution is -0.136. The Hall–Kier alpha value is -2.21. The molecule has 2 aromatic rings. The molecule has 1 saturated heterocycles. The highest BCUT2D eigenvalue weighted by atomic mass is 19.1. The van der Waals surface area contributed by atoms with E-state index in [1.165, 1.54) is 18.3 Å². The van der Waals surface area contributed by atoms with Gasteiger partial charge in [0.15, 0.2) is 5.76 Å². The molecule has 0 bridgehead atoms. The van der Waals surface area contributed by atoms with Crippen LogP contribution in [0.25, 0.3) is 0 Å². The van der Waals surface area contributed by atoms with Gasteiger partial charge in [0.05, 0.1) is 6.20 Å². The van der Waals surface area contributed by atoms with E-state index in [9.17, 15) is 14.3 Å². The maximum absolute atomic E-state index is 13.5. The summed E-state index contributed by atoms with van der Waals surface area (Å²) >= 11 is 0. The fourth-order valence-electron chi connectivity index (χ4n) is 3.38. The monoisotopic (exact) mass is 332 g/mol. The zero-order valence-corrected chi connectivity index (χ0v) is 13.8. The number of likely N-dealkylation sites (tertiary alicyclic amines) is 1. The number of nitrogens with zero attached hydrogens (tertiary/aromatic N) is 2. The van der Waals surface area contributed by atoms with Crippen molar-refractivity contribution in [2.75, 3.05) is 19.7 Å². The summed E-state index contributed by atoms with van der Waals surface area (Å²) in [5.74, 6) is -0.0868. The number of halogens is 1. The summed E-state index contributed by atoms with van der Waals surface area (Å²) in [5.41, 5.74) is -0.0327. The van der Waals surface area contributed by atoms with Crippen molar-refractivity contribution in [2.24, 2.45) is 5.92 Å². The predicted octanol–water partition coefficient (Wildman–Crippen LogP) is 2.33. The topological polar surface area (TPSA) is 66.6 Å². The van der Waals surface area contributed by atoms with E-state index in [-0.39, 0.29) is 30.2 Å². The normalized spacial score (nSPS) is 21.2. The number of carbonyl (C=O) groups excluding carboxylic acids is 1. The molecule has 1 N–H and O–H groups in total. The molecule has 1 aliphatic rings. The second-order valence-electron chi connectivity index (χ2n) is 6.82. The SMILES string of the molecule is CC(C)(C(=O)N1C[C@@H](CO)[C@H](c2cccc(F)c2)C1)c1ccno1. The molecule has 1 fully saturated rings. The molecule has 3 rings (SSSR count). The van der Waals surface area contributed by atoms with Gasteiger partial charge >= 0.3 is 0 Å². The first kappa shape index (κ1) is 16.6. The van der Waals surface area contributed by atoms with Crippen LogP contribution in [0.15, 0.2) is 41.1 Å². The van der Waals surface area contributed by atoms with Crippen LogP contribution in [0.2, 0.25) is 0 Å². The number of hydrogen-bond donors (Lipinski definition) is 1. The van der Waals surface area contributed by atoms with Crippen molar-refractivity contribution >= 4 is 5.91 Å². The minimum atomic E-state index is -0.840. The summed E-state index contributed by atoms with van der Waals surface area (Å²) in [7, 11) is 0. The smallest absolute Gasteiger partial charge is 0.236 e. The van der Waals surface area contributed by atoms with Crippen molar-refractivity contribution in [3.63, 3.8) is 0 Å². The Kier molecular flexibility index (Phi) is 4.41. The minimum absolute atomic E-state index is 0.0479. The van der Waals surface area contributed by atoms with Gasteiger partial charge < -0.3 is 14.5 Å². The molecule has 6 heteroatoms. The number of benzene rings is 1. The molecule has 0 saturated carbocycles. The van der Waals surface area contributed by atoms with Crippen LogP contribution < -0.4 is 0 Å². The summed E-state index contributed by atoms with van der Waals surface area (Å²) in [4.78, 5) is 14.7. The second kappa shape index (κ2) is 6.36. The Morgan fingerprint density at radius 2 is 2.21 bits per heavy atom. The van der Waals surface area contributed by atoms with Gasteiger partial charge in [-0.1, -0.05) is 17.3 Å². The molecule has 2 atom stereocenters. The van der Waals surface area contributed by atoms with Crippen molar-refractivity contribution < 1.29 is 18.8 Å². The second-order valence-corrected chi connectivity index (χ2v) is 6.82. The zero-order chi connectivity index (χ0) is 17.3. The Bertz CT molecular complexity index is 715. The molecule has 0 spiro atoms. The van der Waals surface area contributed by atoms with E-state index in [1.54, 1.807) is 30.9 Å². The third-order valence-electron chi connectivity index (χ3n) is 4.83. The van der Waals surface area contributed by atoms with Crippen LogP contribution in [0.3, 0.4) is 0 Å². The summed E-state index contributed by atoms with van der Waals surface area (Å²) in [6, 6.07) is 8.04. The molecular weight excluding hydrogens is 311 g/mol. The predicted molar refractivity (Wildman–Crippen MR) is 85.8 cm³/mol. The van der Waals surface area contributed by atoms with Crippen LogP contribution in [0.5, 0.6) is 0 Å². The number of aliphatic hydroxyl groups excluding tert-OH is 1. The Morgan fingerprint density at radius 3 is 2.83 bits per heavy atom. The Morgan fingerprint density at radius 1 is 1.42 bits per heavy atom. The summed E-state index contributed by atoms with van der Waals surface area (Å²) in [6.07, 6.45) is 1.51. The number of amides is 1. The first-order valence-corrected chi connectivity index (χ1v) is 8.00. The van der Waals surface area contributed by atoms with Crippen molar-refractivity contribution in [3.8, 4) is 0 Å². The van der Waals surface area contributed by atoms with E-state index in [2.05, 4.69) is 5.16 Å². The number of hydrogen-bond acceptors (Lipinski definition) is 4. The van der Waals surface area contributed by atoms with Gasteiger partial charge in [0.1, 0.15) is 11.2 Å². The van der Waals surface area contributed by atoms with Crippen molar-refractivity contribution in [2.45, 2.75) is 25.2 Å². The number of aromatic nitrogens is 1. The first-order chi connectivity index (χ1) is 11.4. The fourth-order valence-corrected chi connectivity index (χ4v) is 3.38. The molecule has 0 radical (unpaired) electrons. The van der Waals surface area contributed by atoms with E-state index in [0.29, 0.717) is 18.8 Å². The molecular formula is C18H21FN2O3. The van der Waals surface area contributed by atoms with Crippen LogP contribution in [0.1, 0.15) is 31.1 Å². The largest absolute Gasteiger partial charge is 0.396 e. The van der Waals surface area contributed by atoms with Gasteiger partial charge in [0, 0.05) is 37.6 Å². The van der Waals surface area contributed by atoms with Gasteiger partial charge in [-0.25, -0.2) is 4.39 Å². The molecule has 5 nitrogen and oxygen atoms in total. The molecule has 1 aromatic carbocycles. The maximum atomic E-state index is 13.5. The van der Waals surface area contributed by atoms with Crippen LogP contribution in [-0.4, -0.2) is 40.8 Å². The van der Waals surface area contributed by atoms with Gasteiger partial charge in [-0.2, -0.15) is 0 Å². The van der Waals surface area contributed by atoms with E-state index in [4.69, 9.17) is 4.52 Å². The quantitative estimate of drug-likeness (QED) is 0.933. The molecule has 128 valence electrons. The first-order valence-electron chi connectivity index (χ1n) is 8.00. The lowest BCUT2D eigenvalue weighted by Gasteiger charge is -2.27. The molecule has 1 aromatic heterocycles. The van der Waals surface area contributed by atoms with Gasteiger partial charge in [-0.3, -0.25) is 4.79 Å². The van der Waals surface area contributed by atoms with Gasteiger partial charge in [0.2, 0.25) is 5.91 Å². The molecule has 24 heavy (non-hydrogen) atoms. The molecule has 1 amide bonds. The summed E-state index contributed by atoms with van der Waals surface area (Å²) in [6.45, 7) is 4.42. The van der Waals surface area contributed by atoms with Crippen molar-refractivity contribution in [1.29, 1.82) is 0 Å². The van der Waals surface area contributed by atoms with Crippen LogP contribution in [0, 0.1) is 11.7 Å². The van der Waals surface area contributed by atoms with Crippen molar-refractivity contribution in [1.82, 2.24) is 10.1 Å². The van der Waals surface area contributed by atoms with Gasteiger partial charge in [0.25, 0.3) is 0 Å². The van der Waals surface area contributed by atoms with Crippen LogP contribution >= 0.6 is 0 Å². The van der Waals surface area contributed by atoms with E-state index >= 15 is 0 Å². The number of aliphatic hydroxyl groups is 1. The zero-order valence-electron chi connectivity index (χ0n) is 13.8. The fraction of sp³-hybridized carbons (Fsp3) is 0.444. The Labute approximate surface area is 140 Å². The molecule has 2 heterocycles. The van der Waals surface area contributed by atoms with Crippen LogP contribution in [-0.2, 0) is 10.2 Å². The summed E-state index contributed by atoms with van der Waals surface area (Å²) < 4.78 is 18.7. The summed E-state index contributed by atoms with van der Waals surface area (Å²) in [5, 5.41) is 13.4. The number of carbonyl (C=O) groups is 1. The third kappa shape index (κ3) is 2.94. The van der Waals surface area contributed by atoms with E-state index in [1.807, 2.05) is 6.07 Å². The Balaban J connectivity index is 1.82. The highest BCUT2D eigenvalue weighted by Gasteiger charge is 2.43. The lowest BCUT2D eigenvalue weighted by Crippen LogP contribution is -2.42. The molecule has 0 aliphatic carbocycles. The van der Waals surface area contributed by atoms with E-state index < -0.39 is 5.41 Å². The lowest BCUT2D eigenvalue weighted by atomic mass is 9.88. The average molecular weight is 332 g/mol. The van der Waals surface area contributed by atoms with Crippen LogP contribution in [0.4, 0.5) is 4.39 Å². The minimum Gasteiger partial charge on any atom is -0.396 e. The van der Waals surface area contributed by atoms with Gasteiger partial charge in [-0.15, -0.1) is 0 Å². The highest BCUT2D eigenvalue weighted by Crippen LogP contribution is 2.36. The van der Waals surface area contributed by atoms with E-state index in [0.717, 1.165) is 5.56 Å².